The van der Waals surface area contributed by atoms with E-state index in [0.717, 1.165) is 70.6 Å². The maximum Gasteiger partial charge on any atom is 0.335 e. The number of rotatable bonds is 37. The van der Waals surface area contributed by atoms with Gasteiger partial charge in [-0.05, 0) is 19.3 Å². The molecule has 5 aliphatic heterocycles. The molecule has 0 radical (unpaired) electrons. The summed E-state index contributed by atoms with van der Waals surface area (Å²) in [5.74, 6) is -6.21. The van der Waals surface area contributed by atoms with Crippen molar-refractivity contribution in [2.45, 2.75) is 316 Å². The predicted molar refractivity (Wildman–Crippen MR) is 305 cm³/mol. The molecule has 0 aromatic carbocycles. The van der Waals surface area contributed by atoms with Crippen LogP contribution in [-0.2, 0) is 66.5 Å². The third-order valence-corrected chi connectivity index (χ3v) is 16.0. The van der Waals surface area contributed by atoms with Gasteiger partial charge in [-0.25, -0.2) is 19.2 Å². The van der Waals surface area contributed by atoms with Crippen LogP contribution in [0.2, 0.25) is 0 Å². The van der Waals surface area contributed by atoms with E-state index < -0.39 is 184 Å². The Morgan fingerprint density at radius 1 is 0.278 bits per heavy atom. The molecule has 18 N–H and O–H groups in total. The molecule has 0 spiro atoms. The van der Waals surface area contributed by atoms with Crippen molar-refractivity contribution in [3.63, 3.8) is 0 Å². The maximum atomic E-state index is 11.8. The smallest absolute Gasteiger partial charge is 0.335 e. The van der Waals surface area contributed by atoms with Crippen molar-refractivity contribution < 1.29 is 158 Å². The number of hydrogen-bond acceptors (Lipinski definition) is 28. The van der Waals surface area contributed by atoms with E-state index in [1.54, 1.807) is 0 Å². The van der Waals surface area contributed by atoms with E-state index in [2.05, 4.69) is 20.8 Å². The number of hydrogen-bond donors (Lipinski definition) is 18. The summed E-state index contributed by atoms with van der Waals surface area (Å²) in [5.41, 5.74) is 0. The van der Waals surface area contributed by atoms with Gasteiger partial charge in [0.1, 0.15) is 97.7 Å². The summed E-state index contributed by atoms with van der Waals surface area (Å²) in [6.45, 7) is 6.71. The quantitative estimate of drug-likeness (QED) is 0.0301. The average molecular weight is 1310 g/mol. The van der Waals surface area contributed by atoms with Crippen molar-refractivity contribution in [1.82, 2.24) is 0 Å². The van der Waals surface area contributed by atoms with E-state index >= 15 is 0 Å². The molecule has 528 valence electrons. The van der Waals surface area contributed by atoms with Gasteiger partial charge in [0.05, 0.1) is 6.61 Å². The van der Waals surface area contributed by atoms with Gasteiger partial charge in [0.15, 0.2) is 55.9 Å². The molecular weight excluding hydrogens is 1210 g/mol. The van der Waals surface area contributed by atoms with E-state index in [4.69, 9.17) is 62.7 Å². The van der Waals surface area contributed by atoms with Crippen LogP contribution in [0.15, 0.2) is 0 Å². The summed E-state index contributed by atoms with van der Waals surface area (Å²) in [7, 11) is 0. The fourth-order valence-corrected chi connectivity index (χ4v) is 10.4. The first-order valence-corrected chi connectivity index (χ1v) is 31.6. The highest BCUT2D eigenvalue weighted by Gasteiger charge is 2.55. The highest BCUT2D eigenvalue weighted by molar-refractivity contribution is 5.74. The van der Waals surface area contributed by atoms with Crippen LogP contribution >= 0.6 is 0 Å². The average Bonchev–Trinajstić information content (AvgIpc) is 0.832. The monoisotopic (exact) mass is 1310 g/mol. The zero-order valence-corrected chi connectivity index (χ0v) is 51.6. The van der Waals surface area contributed by atoms with E-state index in [0.29, 0.717) is 13.0 Å². The van der Waals surface area contributed by atoms with Gasteiger partial charge in [0.2, 0.25) is 0 Å². The largest absolute Gasteiger partial charge is 0.479 e. The van der Waals surface area contributed by atoms with Gasteiger partial charge >= 0.3 is 23.9 Å². The Kier molecular flexibility index (Phi) is 38.9. The standard InChI is InChI=1S/C24H42O13.C20H36O12.C14H26O7/c1-2-3-4-5-6-7-8-9-10-11-12-34-23-17(29)15(27)18(20(37-23)22(32)33)35-24-16(28)13(25)14(26)19(36-24)21(30)31;1-2-3-4-5-6-7-8-29-19-15(25)12(22)11(21)10(31-19)9-30-20-16(26)13(23)14(24)17(32-20)18(27)28;1-2-3-4-5-6-7-8-20-14-11(17)9(15)10(16)12(21-14)13(18)19/h13-20,23-29H,2-12H2,1H3,(H,30,31)(H,32,33);10-17,19-26H,2-9H2,1H3,(H,27,28);9-12,14-17H,2-8H2,1H3,(H,18,19)/t13-,14-,15+,16?,17?,18-,19?,20?,23+,24+;10?,11-,12+,13+,14-,15-,16-,17+,19-,20+;9-,10-,11?,12?,14+/m010/s1. The lowest BCUT2D eigenvalue weighted by molar-refractivity contribution is -0.350. The molecule has 0 saturated carbocycles. The fourth-order valence-electron chi connectivity index (χ4n) is 10.4. The summed E-state index contributed by atoms with van der Waals surface area (Å²) in [6.07, 6.45) is -18.6. The molecule has 90 heavy (non-hydrogen) atoms. The normalized spacial score (nSPS) is 37.0. The van der Waals surface area contributed by atoms with Gasteiger partial charge in [0, 0.05) is 19.8 Å². The number of carboxylic acids is 4. The summed E-state index contributed by atoms with van der Waals surface area (Å²) >= 11 is 0. The van der Waals surface area contributed by atoms with Crippen LogP contribution in [0, 0.1) is 0 Å². The van der Waals surface area contributed by atoms with Crippen molar-refractivity contribution in [2.24, 2.45) is 0 Å². The molecule has 5 rings (SSSR count). The third kappa shape index (κ3) is 25.6. The Morgan fingerprint density at radius 3 is 0.867 bits per heavy atom. The number of aliphatic carboxylic acids is 4. The first kappa shape index (κ1) is 81.2. The molecular formula is C58H104O32. The van der Waals surface area contributed by atoms with Gasteiger partial charge in [-0.2, -0.15) is 0 Å². The molecule has 5 heterocycles. The van der Waals surface area contributed by atoms with Crippen LogP contribution in [0.1, 0.15) is 162 Å². The van der Waals surface area contributed by atoms with Crippen LogP contribution in [-0.4, -0.2) is 296 Å². The molecule has 25 atom stereocenters. The lowest BCUT2D eigenvalue weighted by Gasteiger charge is -2.44. The van der Waals surface area contributed by atoms with Crippen LogP contribution in [0.4, 0.5) is 0 Å². The van der Waals surface area contributed by atoms with Crippen molar-refractivity contribution in [1.29, 1.82) is 0 Å². The molecule has 0 aromatic rings. The molecule has 0 bridgehead atoms. The highest BCUT2D eigenvalue weighted by atomic mass is 16.8. The summed E-state index contributed by atoms with van der Waals surface area (Å²) in [4.78, 5) is 45.1. The maximum absolute atomic E-state index is 11.8. The lowest BCUT2D eigenvalue weighted by Crippen LogP contribution is -2.65. The topological polar surface area (TPSA) is 525 Å². The minimum absolute atomic E-state index is 0.164. The molecule has 0 aromatic heterocycles. The summed E-state index contributed by atoms with van der Waals surface area (Å²) in [5, 5.41) is 176. The molecule has 0 amide bonds. The Hall–Kier alpha value is -3.08. The second-order valence-electron chi connectivity index (χ2n) is 23.2. The van der Waals surface area contributed by atoms with Crippen molar-refractivity contribution in [3.8, 4) is 0 Å². The van der Waals surface area contributed by atoms with Gasteiger partial charge in [-0.3, -0.25) is 0 Å². The molecule has 7 unspecified atom stereocenters. The van der Waals surface area contributed by atoms with Gasteiger partial charge in [0.25, 0.3) is 0 Å². The van der Waals surface area contributed by atoms with Crippen molar-refractivity contribution in [2.75, 3.05) is 26.4 Å². The minimum atomic E-state index is -1.99. The Balaban J connectivity index is 0.000000366. The number of aliphatic hydroxyl groups excluding tert-OH is 14. The van der Waals surface area contributed by atoms with Crippen LogP contribution in [0.5, 0.6) is 0 Å². The van der Waals surface area contributed by atoms with E-state index in [9.17, 15) is 95.8 Å². The van der Waals surface area contributed by atoms with Crippen LogP contribution in [0.3, 0.4) is 0 Å². The highest BCUT2D eigenvalue weighted by Crippen LogP contribution is 2.32. The zero-order chi connectivity index (χ0) is 67.2. The molecule has 5 fully saturated rings. The van der Waals surface area contributed by atoms with Crippen molar-refractivity contribution in [3.05, 3.63) is 0 Å². The zero-order valence-electron chi connectivity index (χ0n) is 51.6. The van der Waals surface area contributed by atoms with Gasteiger partial charge < -0.3 is 139 Å². The van der Waals surface area contributed by atoms with Crippen LogP contribution < -0.4 is 0 Å². The molecule has 5 saturated heterocycles. The van der Waals surface area contributed by atoms with Crippen molar-refractivity contribution >= 4 is 23.9 Å². The van der Waals surface area contributed by atoms with Crippen LogP contribution in [0.25, 0.3) is 0 Å². The van der Waals surface area contributed by atoms with E-state index in [-0.39, 0.29) is 13.2 Å². The number of carbonyl (C=O) groups is 4. The number of unbranched alkanes of at least 4 members (excludes halogenated alkanes) is 19. The third-order valence-electron chi connectivity index (χ3n) is 16.0. The fraction of sp³-hybridized carbons (Fsp3) is 0.931. The lowest BCUT2D eigenvalue weighted by atomic mass is 9.96. The Labute approximate surface area is 523 Å². The molecule has 5 aliphatic rings. The first-order valence-electron chi connectivity index (χ1n) is 31.6. The number of carboxylic acid groups (broad SMARTS) is 4. The summed E-state index contributed by atoms with van der Waals surface area (Å²) < 4.78 is 52.6. The van der Waals surface area contributed by atoms with Gasteiger partial charge in [-0.15, -0.1) is 0 Å². The number of aliphatic hydroxyl groups is 14. The summed E-state index contributed by atoms with van der Waals surface area (Å²) in [6, 6.07) is 0. The Bertz CT molecular complexity index is 1980. The number of ether oxygens (including phenoxy) is 10. The van der Waals surface area contributed by atoms with E-state index in [1.165, 1.54) is 64.2 Å². The predicted octanol–water partition coefficient (Wildman–Crippen LogP) is -1.93. The first-order chi connectivity index (χ1) is 42.8. The molecule has 32 heteroatoms. The second kappa shape index (κ2) is 43.1. The SMILES string of the molecule is CCCCCCCCCCCCO[C@@H]1OC(C(=O)O)[C@@H](O[C@@H]2OC(C(=O)O)[C@@H](O)[C@H](O)C2O)[C@H](O)C1O.CCCCCCCCO[C@@H]1OC(C(=O)O)[C@@H](O)[C@H](O)C1O.CCCCCCCCO[C@@H]1OC(CO[C@H]2O[C@H](C(=O)O)[C@H](O)[C@H](O)[C@H]2O)[C@@H](O)[C@H](O)[C@H]1O. The molecule has 0 aliphatic carbocycles. The molecule has 32 nitrogen and oxygen atoms in total. The van der Waals surface area contributed by atoms with E-state index in [1.807, 2.05) is 0 Å². The van der Waals surface area contributed by atoms with Gasteiger partial charge in [-0.1, -0.05) is 143 Å². The second-order valence-corrected chi connectivity index (χ2v) is 23.2. The minimum Gasteiger partial charge on any atom is -0.479 e. The Morgan fingerprint density at radius 2 is 0.533 bits per heavy atom.